The van der Waals surface area contributed by atoms with E-state index in [1.165, 1.54) is 32.1 Å². The Hall–Kier alpha value is -0.800. The van der Waals surface area contributed by atoms with E-state index in [1.54, 1.807) is 0 Å². The van der Waals surface area contributed by atoms with Gasteiger partial charge in [0.15, 0.2) is 0 Å². The van der Waals surface area contributed by atoms with Crippen molar-refractivity contribution in [2.75, 3.05) is 11.9 Å². The number of hydrogen-bond acceptors (Lipinski definition) is 2. The van der Waals surface area contributed by atoms with Crippen LogP contribution in [0.5, 0.6) is 0 Å². The molecule has 1 aliphatic rings. The zero-order chi connectivity index (χ0) is 14.5. The molecule has 0 atom stereocenters. The Kier molecular flexibility index (Phi) is 5.67. The minimum Gasteiger partial charge on any atom is -0.389 e. The monoisotopic (exact) mass is 310 g/mol. The second-order valence-electron chi connectivity index (χ2n) is 5.73. The average molecular weight is 311 g/mol. The Bertz CT molecular complexity index is 468. The number of rotatable bonds is 5. The predicted octanol–water partition coefficient (Wildman–Crippen LogP) is 4.60. The van der Waals surface area contributed by atoms with E-state index in [0.717, 1.165) is 29.6 Å². The van der Waals surface area contributed by atoms with Gasteiger partial charge in [0.2, 0.25) is 0 Å². The Labute approximate surface area is 132 Å². The summed E-state index contributed by atoms with van der Waals surface area (Å²) in [4.78, 5) is 0.347. The summed E-state index contributed by atoms with van der Waals surface area (Å²) >= 11 is 11.1. The van der Waals surface area contributed by atoms with Crippen LogP contribution in [-0.2, 0) is 0 Å². The number of benzene rings is 1. The first-order valence-corrected chi connectivity index (χ1v) is 8.22. The number of thiocarbonyl (C=S) groups is 1. The Morgan fingerprint density at radius 3 is 2.50 bits per heavy atom. The first-order chi connectivity index (χ1) is 9.60. The highest BCUT2D eigenvalue weighted by molar-refractivity contribution is 7.80. The fraction of sp³-hybridized carbons (Fsp3) is 0.562. The molecule has 0 spiro atoms. The zero-order valence-electron chi connectivity index (χ0n) is 12.0. The summed E-state index contributed by atoms with van der Waals surface area (Å²) in [5.74, 6) is 1.73. The summed E-state index contributed by atoms with van der Waals surface area (Å²) in [6.45, 7) is 3.33. The molecule has 0 saturated heterocycles. The molecular formula is C16H23ClN2S. The number of hydrogen-bond donors (Lipinski definition) is 2. The van der Waals surface area contributed by atoms with Gasteiger partial charge in [-0.25, -0.2) is 0 Å². The third-order valence-corrected chi connectivity index (χ3v) is 4.91. The molecule has 3 N–H and O–H groups in total. The highest BCUT2D eigenvalue weighted by Crippen LogP contribution is 2.31. The highest BCUT2D eigenvalue weighted by atomic mass is 35.5. The standard InChI is InChI=1S/C16H23ClN2S/c1-2-11-3-5-12(6-4-11)10-19-13-7-8-14(16(18)20)15(17)9-13/h7-9,11-12,19H,2-6,10H2,1H3,(H2,18,20). The molecule has 1 aromatic rings. The summed E-state index contributed by atoms with van der Waals surface area (Å²) in [6.07, 6.45) is 6.76. The van der Waals surface area contributed by atoms with E-state index in [9.17, 15) is 0 Å². The zero-order valence-corrected chi connectivity index (χ0v) is 13.6. The summed E-state index contributed by atoms with van der Waals surface area (Å²) in [5.41, 5.74) is 7.40. The van der Waals surface area contributed by atoms with Crippen molar-refractivity contribution in [3.63, 3.8) is 0 Å². The van der Waals surface area contributed by atoms with Crippen LogP contribution in [-0.4, -0.2) is 11.5 Å². The number of anilines is 1. The Balaban J connectivity index is 1.85. The average Bonchev–Trinajstić information content (AvgIpc) is 2.45. The van der Waals surface area contributed by atoms with E-state index < -0.39 is 0 Å². The van der Waals surface area contributed by atoms with Gasteiger partial charge in [-0.05, 0) is 42.9 Å². The molecule has 0 bridgehead atoms. The lowest BCUT2D eigenvalue weighted by Gasteiger charge is -2.28. The van der Waals surface area contributed by atoms with E-state index in [0.29, 0.717) is 10.0 Å². The van der Waals surface area contributed by atoms with Crippen molar-refractivity contribution < 1.29 is 0 Å². The van der Waals surface area contributed by atoms with Crippen molar-refractivity contribution in [2.45, 2.75) is 39.0 Å². The van der Waals surface area contributed by atoms with Crippen molar-refractivity contribution in [2.24, 2.45) is 17.6 Å². The smallest absolute Gasteiger partial charge is 0.105 e. The molecule has 0 aromatic heterocycles. The molecule has 0 radical (unpaired) electrons. The maximum atomic E-state index is 6.18. The first-order valence-electron chi connectivity index (χ1n) is 7.43. The topological polar surface area (TPSA) is 38.0 Å². The second kappa shape index (κ2) is 7.28. The van der Waals surface area contributed by atoms with Crippen LogP contribution in [0.4, 0.5) is 5.69 Å². The Morgan fingerprint density at radius 1 is 1.30 bits per heavy atom. The molecule has 0 heterocycles. The van der Waals surface area contributed by atoms with Gasteiger partial charge >= 0.3 is 0 Å². The van der Waals surface area contributed by atoms with Gasteiger partial charge in [0.25, 0.3) is 0 Å². The lowest BCUT2D eigenvalue weighted by atomic mass is 9.81. The molecule has 2 nitrogen and oxygen atoms in total. The van der Waals surface area contributed by atoms with Crippen LogP contribution in [0.1, 0.15) is 44.6 Å². The molecule has 1 fully saturated rings. The normalized spacial score (nSPS) is 22.5. The Morgan fingerprint density at radius 2 is 1.95 bits per heavy atom. The van der Waals surface area contributed by atoms with Crippen LogP contribution in [0.3, 0.4) is 0 Å². The largest absolute Gasteiger partial charge is 0.389 e. The van der Waals surface area contributed by atoms with Crippen molar-refractivity contribution in [1.82, 2.24) is 0 Å². The molecule has 4 heteroatoms. The molecule has 1 aromatic carbocycles. The maximum Gasteiger partial charge on any atom is 0.105 e. The maximum absolute atomic E-state index is 6.18. The van der Waals surface area contributed by atoms with E-state index in [4.69, 9.17) is 29.6 Å². The van der Waals surface area contributed by atoms with Gasteiger partial charge in [-0.15, -0.1) is 0 Å². The van der Waals surface area contributed by atoms with Crippen LogP contribution in [0.15, 0.2) is 18.2 Å². The lowest BCUT2D eigenvalue weighted by Crippen LogP contribution is -2.21. The van der Waals surface area contributed by atoms with Crippen LogP contribution in [0, 0.1) is 11.8 Å². The van der Waals surface area contributed by atoms with Gasteiger partial charge in [0, 0.05) is 17.8 Å². The third-order valence-electron chi connectivity index (χ3n) is 4.37. The summed E-state index contributed by atoms with van der Waals surface area (Å²) in [7, 11) is 0. The van der Waals surface area contributed by atoms with Gasteiger partial charge in [-0.1, -0.05) is 50.0 Å². The molecule has 0 amide bonds. The van der Waals surface area contributed by atoms with Crippen molar-refractivity contribution in [1.29, 1.82) is 0 Å². The van der Waals surface area contributed by atoms with Gasteiger partial charge in [-0.2, -0.15) is 0 Å². The molecule has 20 heavy (non-hydrogen) atoms. The van der Waals surface area contributed by atoms with Gasteiger partial charge in [0.05, 0.1) is 5.02 Å². The van der Waals surface area contributed by atoms with Crippen molar-refractivity contribution in [3.05, 3.63) is 28.8 Å². The summed E-state index contributed by atoms with van der Waals surface area (Å²) in [6, 6.07) is 5.80. The van der Waals surface area contributed by atoms with Crippen molar-refractivity contribution >= 4 is 34.5 Å². The minimum atomic E-state index is 0.347. The van der Waals surface area contributed by atoms with Crippen molar-refractivity contribution in [3.8, 4) is 0 Å². The van der Waals surface area contributed by atoms with E-state index in [2.05, 4.69) is 12.2 Å². The van der Waals surface area contributed by atoms with Gasteiger partial charge < -0.3 is 11.1 Å². The molecule has 1 aliphatic carbocycles. The quantitative estimate of drug-likeness (QED) is 0.780. The number of nitrogens with two attached hydrogens (primary N) is 1. The van der Waals surface area contributed by atoms with Crippen LogP contribution >= 0.6 is 23.8 Å². The number of nitrogens with one attached hydrogen (secondary N) is 1. The van der Waals surface area contributed by atoms with Crippen LogP contribution in [0.25, 0.3) is 0 Å². The fourth-order valence-electron chi connectivity index (χ4n) is 2.93. The second-order valence-corrected chi connectivity index (χ2v) is 6.58. The lowest BCUT2D eigenvalue weighted by molar-refractivity contribution is 0.278. The van der Waals surface area contributed by atoms with E-state index in [-0.39, 0.29) is 0 Å². The molecular weight excluding hydrogens is 288 g/mol. The number of halogens is 1. The third kappa shape index (κ3) is 4.10. The highest BCUT2D eigenvalue weighted by Gasteiger charge is 2.19. The van der Waals surface area contributed by atoms with Gasteiger partial charge in [0.1, 0.15) is 4.99 Å². The molecule has 0 unspecified atom stereocenters. The molecule has 0 aliphatic heterocycles. The predicted molar refractivity (Wildman–Crippen MR) is 91.6 cm³/mol. The van der Waals surface area contributed by atoms with E-state index in [1.807, 2.05) is 18.2 Å². The summed E-state index contributed by atoms with van der Waals surface area (Å²) < 4.78 is 0. The summed E-state index contributed by atoms with van der Waals surface area (Å²) in [5, 5.41) is 4.11. The molecule has 110 valence electrons. The first kappa shape index (κ1) is 15.6. The minimum absolute atomic E-state index is 0.347. The SMILES string of the molecule is CCC1CCC(CNc2ccc(C(N)=S)c(Cl)c2)CC1. The van der Waals surface area contributed by atoms with E-state index >= 15 is 0 Å². The van der Waals surface area contributed by atoms with Crippen LogP contribution in [0.2, 0.25) is 5.02 Å². The van der Waals surface area contributed by atoms with Gasteiger partial charge in [-0.3, -0.25) is 0 Å². The van der Waals surface area contributed by atoms with Crippen LogP contribution < -0.4 is 11.1 Å². The molecule has 2 rings (SSSR count). The fourth-order valence-corrected chi connectivity index (χ4v) is 3.45. The molecule has 1 saturated carbocycles.